The van der Waals surface area contributed by atoms with Crippen molar-refractivity contribution in [2.45, 2.75) is 50.0 Å². The molecule has 0 saturated carbocycles. The number of aryl methyl sites for hydroxylation is 1. The molecule has 1 aliphatic heterocycles. The first-order chi connectivity index (χ1) is 12.7. The molecule has 9 heteroatoms. The molecule has 7 nitrogen and oxygen atoms in total. The first-order valence-corrected chi connectivity index (χ1v) is 10.6. The van der Waals surface area contributed by atoms with Gasteiger partial charge in [0, 0.05) is 17.3 Å². The molecule has 1 atom stereocenters. The number of allylic oxidation sites excluding steroid dienone is 1. The van der Waals surface area contributed by atoms with Crippen molar-refractivity contribution in [1.82, 2.24) is 9.62 Å². The van der Waals surface area contributed by atoms with Gasteiger partial charge in [0.15, 0.2) is 0 Å². The Morgan fingerprint density at radius 1 is 1.22 bits per heavy atom. The zero-order valence-corrected chi connectivity index (χ0v) is 16.4. The van der Waals surface area contributed by atoms with E-state index in [9.17, 15) is 23.1 Å². The number of carboxylic acid groups (broad SMARTS) is 1. The number of rotatable bonds is 5. The smallest absolute Gasteiger partial charge is 0.333 e. The minimum absolute atomic E-state index is 0.0542. The Morgan fingerprint density at radius 3 is 2.63 bits per heavy atom. The standard InChI is InChI=1S/C18H21ClN2O5S/c1-11-8-12(19)10-13(9-11)27(25,26)21-7-3-6-16(21)17(22)20-15-5-2-4-14(15)18(23)24/h8-10,16H,2-7H2,1H3,(H,20,22)(H,23,24)/t16-/m0/s1. The zero-order valence-electron chi connectivity index (χ0n) is 14.9. The van der Waals surface area contributed by atoms with E-state index in [1.54, 1.807) is 13.0 Å². The topological polar surface area (TPSA) is 104 Å². The summed E-state index contributed by atoms with van der Waals surface area (Å²) in [6.45, 7) is 1.98. The second kappa shape index (κ2) is 7.61. The van der Waals surface area contributed by atoms with Crippen molar-refractivity contribution >= 4 is 33.5 Å². The van der Waals surface area contributed by atoms with Crippen molar-refractivity contribution in [3.63, 3.8) is 0 Å². The van der Waals surface area contributed by atoms with Gasteiger partial charge in [-0.1, -0.05) is 11.6 Å². The Labute approximate surface area is 163 Å². The van der Waals surface area contributed by atoms with Crippen LogP contribution in [0.5, 0.6) is 0 Å². The summed E-state index contributed by atoms with van der Waals surface area (Å²) in [7, 11) is -3.89. The number of benzene rings is 1. The summed E-state index contributed by atoms with van der Waals surface area (Å²) < 4.78 is 27.3. The van der Waals surface area contributed by atoms with E-state index < -0.39 is 27.9 Å². The van der Waals surface area contributed by atoms with E-state index >= 15 is 0 Å². The average molecular weight is 413 g/mol. The molecule has 1 aliphatic carbocycles. The third kappa shape index (κ3) is 4.02. The fraction of sp³-hybridized carbons (Fsp3) is 0.444. The molecule has 0 aromatic heterocycles. The van der Waals surface area contributed by atoms with Gasteiger partial charge in [-0.15, -0.1) is 0 Å². The van der Waals surface area contributed by atoms with Crippen molar-refractivity contribution in [3.8, 4) is 0 Å². The normalized spacial score (nSPS) is 20.9. The van der Waals surface area contributed by atoms with E-state index in [1.807, 2.05) is 0 Å². The van der Waals surface area contributed by atoms with E-state index in [4.69, 9.17) is 11.6 Å². The van der Waals surface area contributed by atoms with Gasteiger partial charge in [0.1, 0.15) is 6.04 Å². The second-order valence-electron chi connectivity index (χ2n) is 6.84. The Balaban J connectivity index is 1.85. The summed E-state index contributed by atoms with van der Waals surface area (Å²) in [6.07, 6.45) is 2.48. The Kier molecular flexibility index (Phi) is 5.60. The Bertz CT molecular complexity index is 905. The molecule has 0 unspecified atom stereocenters. The molecular formula is C18H21ClN2O5S. The van der Waals surface area contributed by atoms with Crippen molar-refractivity contribution in [3.05, 3.63) is 40.1 Å². The van der Waals surface area contributed by atoms with Crippen LogP contribution in [0.2, 0.25) is 5.02 Å². The highest BCUT2D eigenvalue weighted by atomic mass is 35.5. The summed E-state index contributed by atoms with van der Waals surface area (Å²) in [5.41, 5.74) is 1.29. The zero-order chi connectivity index (χ0) is 19.8. The molecule has 2 aliphatic rings. The average Bonchev–Trinajstić information content (AvgIpc) is 3.23. The van der Waals surface area contributed by atoms with Crippen LogP contribution >= 0.6 is 11.6 Å². The number of carboxylic acids is 1. The van der Waals surface area contributed by atoms with Crippen LogP contribution in [0, 0.1) is 6.92 Å². The van der Waals surface area contributed by atoms with Crippen LogP contribution in [0.4, 0.5) is 0 Å². The largest absolute Gasteiger partial charge is 0.478 e. The summed E-state index contributed by atoms with van der Waals surface area (Å²) in [6, 6.07) is 3.70. The highest BCUT2D eigenvalue weighted by Gasteiger charge is 2.40. The summed E-state index contributed by atoms with van der Waals surface area (Å²) in [4.78, 5) is 24.0. The Morgan fingerprint density at radius 2 is 1.96 bits per heavy atom. The first kappa shape index (κ1) is 19.9. The van der Waals surface area contributed by atoms with Gasteiger partial charge in [0.05, 0.1) is 10.5 Å². The van der Waals surface area contributed by atoms with Crippen LogP contribution in [-0.2, 0) is 19.6 Å². The quantitative estimate of drug-likeness (QED) is 0.773. The molecule has 1 aromatic rings. The SMILES string of the molecule is Cc1cc(Cl)cc(S(=O)(=O)N2CCC[C@H]2C(=O)NC2=C(C(=O)O)CCC2)c1. The minimum Gasteiger partial charge on any atom is -0.478 e. The number of sulfonamides is 1. The van der Waals surface area contributed by atoms with E-state index in [0.29, 0.717) is 48.4 Å². The monoisotopic (exact) mass is 412 g/mol. The lowest BCUT2D eigenvalue weighted by Gasteiger charge is -2.24. The molecular weight excluding hydrogens is 392 g/mol. The van der Waals surface area contributed by atoms with E-state index in [2.05, 4.69) is 5.32 Å². The van der Waals surface area contributed by atoms with E-state index in [1.165, 1.54) is 16.4 Å². The number of hydrogen-bond donors (Lipinski definition) is 2. The van der Waals surface area contributed by atoms with Gasteiger partial charge in [0.2, 0.25) is 15.9 Å². The number of carbonyl (C=O) groups excluding carboxylic acids is 1. The van der Waals surface area contributed by atoms with Crippen LogP contribution < -0.4 is 5.32 Å². The molecule has 1 saturated heterocycles. The first-order valence-electron chi connectivity index (χ1n) is 8.75. The van der Waals surface area contributed by atoms with Gasteiger partial charge >= 0.3 is 5.97 Å². The lowest BCUT2D eigenvalue weighted by Crippen LogP contribution is -2.45. The number of halogens is 1. The molecule has 1 aromatic carbocycles. The lowest BCUT2D eigenvalue weighted by atomic mass is 10.2. The van der Waals surface area contributed by atoms with Crippen molar-refractivity contribution in [1.29, 1.82) is 0 Å². The number of carbonyl (C=O) groups is 2. The molecule has 3 rings (SSSR count). The molecule has 2 N–H and O–H groups in total. The second-order valence-corrected chi connectivity index (χ2v) is 9.17. The van der Waals surface area contributed by atoms with Crippen LogP contribution in [0.15, 0.2) is 34.4 Å². The van der Waals surface area contributed by atoms with Gasteiger partial charge < -0.3 is 10.4 Å². The third-order valence-electron chi connectivity index (χ3n) is 4.88. The van der Waals surface area contributed by atoms with Crippen molar-refractivity contribution in [2.24, 2.45) is 0 Å². The summed E-state index contributed by atoms with van der Waals surface area (Å²) >= 11 is 6.00. The van der Waals surface area contributed by atoms with Crippen LogP contribution in [-0.4, -0.2) is 42.3 Å². The number of aliphatic carboxylic acids is 1. The maximum absolute atomic E-state index is 13.0. The molecule has 0 spiro atoms. The summed E-state index contributed by atoms with van der Waals surface area (Å²) in [5, 5.41) is 12.2. The molecule has 1 fully saturated rings. The van der Waals surface area contributed by atoms with Gasteiger partial charge in [0.25, 0.3) is 0 Å². The van der Waals surface area contributed by atoms with E-state index in [0.717, 1.165) is 0 Å². The predicted octanol–water partition coefficient (Wildman–Crippen LogP) is 2.44. The summed E-state index contributed by atoms with van der Waals surface area (Å²) in [5.74, 6) is -1.53. The number of amides is 1. The minimum atomic E-state index is -3.89. The van der Waals surface area contributed by atoms with Crippen molar-refractivity contribution in [2.75, 3.05) is 6.54 Å². The maximum Gasteiger partial charge on any atom is 0.333 e. The highest BCUT2D eigenvalue weighted by molar-refractivity contribution is 7.89. The van der Waals surface area contributed by atoms with Crippen LogP contribution in [0.1, 0.15) is 37.7 Å². The molecule has 0 radical (unpaired) electrons. The molecule has 0 bridgehead atoms. The van der Waals surface area contributed by atoms with Gasteiger partial charge in [-0.2, -0.15) is 4.31 Å². The number of nitrogens with zero attached hydrogens (tertiary/aromatic N) is 1. The third-order valence-corrected chi connectivity index (χ3v) is 6.98. The fourth-order valence-corrected chi connectivity index (χ4v) is 5.77. The highest BCUT2D eigenvalue weighted by Crippen LogP contribution is 2.30. The predicted molar refractivity (Wildman–Crippen MR) is 99.8 cm³/mol. The van der Waals surface area contributed by atoms with Crippen LogP contribution in [0.3, 0.4) is 0 Å². The maximum atomic E-state index is 13.0. The number of nitrogens with one attached hydrogen (secondary N) is 1. The van der Waals surface area contributed by atoms with Gasteiger partial charge in [-0.05, 0) is 62.8 Å². The van der Waals surface area contributed by atoms with E-state index in [-0.39, 0.29) is 17.0 Å². The molecule has 27 heavy (non-hydrogen) atoms. The number of hydrogen-bond acceptors (Lipinski definition) is 4. The molecule has 1 amide bonds. The van der Waals surface area contributed by atoms with Gasteiger partial charge in [-0.25, -0.2) is 13.2 Å². The lowest BCUT2D eigenvalue weighted by molar-refractivity contribution is -0.132. The van der Waals surface area contributed by atoms with Crippen LogP contribution in [0.25, 0.3) is 0 Å². The van der Waals surface area contributed by atoms with Gasteiger partial charge in [-0.3, -0.25) is 4.79 Å². The Hall–Kier alpha value is -1.90. The molecule has 1 heterocycles. The van der Waals surface area contributed by atoms with Crippen molar-refractivity contribution < 1.29 is 23.1 Å². The molecule has 146 valence electrons. The fourth-order valence-electron chi connectivity index (χ4n) is 3.63.